The smallest absolute Gasteiger partial charge is 0.199 e. The third-order valence-electron chi connectivity index (χ3n) is 3.47. The predicted molar refractivity (Wildman–Crippen MR) is 86.4 cm³/mol. The molecule has 0 spiro atoms. The second kappa shape index (κ2) is 6.51. The number of para-hydroxylation sites is 1. The summed E-state index contributed by atoms with van der Waals surface area (Å²) in [5.41, 5.74) is 9.34. The van der Waals surface area contributed by atoms with Crippen LogP contribution in [0.25, 0.3) is 0 Å². The summed E-state index contributed by atoms with van der Waals surface area (Å²) in [6.45, 7) is 4.50. The normalized spacial score (nSPS) is 13.4. The van der Waals surface area contributed by atoms with Crippen molar-refractivity contribution in [3.63, 3.8) is 0 Å². The number of hydrogen-bond acceptors (Lipinski definition) is 5. The maximum Gasteiger partial charge on any atom is 0.199 e. The van der Waals surface area contributed by atoms with Gasteiger partial charge in [-0.05, 0) is 35.7 Å². The molecule has 0 amide bonds. The fraction of sp³-hybridized carbons (Fsp3) is 0.176. The third-order valence-corrected chi connectivity index (χ3v) is 3.47. The Bertz CT molecular complexity index is 673. The number of benzene rings is 2. The summed E-state index contributed by atoms with van der Waals surface area (Å²) in [6.07, 6.45) is 2.66. The predicted octanol–water partition coefficient (Wildman–Crippen LogP) is 2.75. The van der Waals surface area contributed by atoms with Crippen molar-refractivity contribution in [2.45, 2.75) is 13.0 Å². The zero-order valence-corrected chi connectivity index (χ0v) is 12.5. The molecule has 0 fully saturated rings. The molecule has 0 aliphatic carbocycles. The van der Waals surface area contributed by atoms with E-state index in [1.54, 1.807) is 12.3 Å². The van der Waals surface area contributed by atoms with Crippen LogP contribution >= 0.6 is 0 Å². The number of hydrogen-bond donors (Lipinski definition) is 2. The van der Waals surface area contributed by atoms with E-state index in [0.29, 0.717) is 11.5 Å². The second-order valence-corrected chi connectivity index (χ2v) is 4.96. The molecule has 0 saturated carbocycles. The summed E-state index contributed by atoms with van der Waals surface area (Å²) < 4.78 is 5.43. The summed E-state index contributed by atoms with van der Waals surface area (Å²) in [7, 11) is 1.63. The molecule has 22 heavy (non-hydrogen) atoms. The van der Waals surface area contributed by atoms with Crippen LogP contribution in [0.3, 0.4) is 0 Å². The molecule has 0 saturated heterocycles. The minimum Gasteiger partial charge on any atom is -0.493 e. The summed E-state index contributed by atoms with van der Waals surface area (Å²) in [6, 6.07) is 13.9. The monoisotopic (exact) mass is 297 g/mol. The van der Waals surface area contributed by atoms with Gasteiger partial charge in [0.1, 0.15) is 0 Å². The maximum atomic E-state index is 5.95. The molecule has 0 bridgehead atoms. The molecule has 0 radical (unpaired) electrons. The van der Waals surface area contributed by atoms with Crippen LogP contribution in [-0.2, 0) is 13.0 Å². The topological polar surface area (TPSA) is 45.8 Å². The minimum atomic E-state index is 0.640. The number of anilines is 1. The Hall–Kier alpha value is -2.50. The Kier molecular flexibility index (Phi) is 4.27. The van der Waals surface area contributed by atoms with Gasteiger partial charge in [-0.2, -0.15) is 0 Å². The highest BCUT2D eigenvalue weighted by Crippen LogP contribution is 2.31. The summed E-state index contributed by atoms with van der Waals surface area (Å²) in [4.78, 5) is 5.95. The number of nitrogens with zero attached hydrogens (tertiary/aromatic N) is 1. The quantitative estimate of drug-likeness (QED) is 0.831. The van der Waals surface area contributed by atoms with Crippen LogP contribution in [0.2, 0.25) is 0 Å². The Morgan fingerprint density at radius 3 is 2.91 bits per heavy atom. The van der Waals surface area contributed by atoms with Crippen LogP contribution in [0.1, 0.15) is 11.1 Å². The second-order valence-electron chi connectivity index (χ2n) is 4.96. The lowest BCUT2D eigenvalue weighted by Crippen LogP contribution is -2.52. The number of methoxy groups -OCH3 is 1. The van der Waals surface area contributed by atoms with Crippen LogP contribution in [0.15, 0.2) is 55.1 Å². The van der Waals surface area contributed by atoms with Crippen LogP contribution < -0.4 is 25.7 Å². The van der Waals surface area contributed by atoms with Gasteiger partial charge in [0.2, 0.25) is 0 Å². The third kappa shape index (κ3) is 2.90. The van der Waals surface area contributed by atoms with E-state index in [1.807, 2.05) is 42.5 Å². The van der Waals surface area contributed by atoms with Crippen LogP contribution in [0.5, 0.6) is 11.5 Å². The Labute approximate surface area is 130 Å². The number of hydrazine groups is 2. The van der Waals surface area contributed by atoms with Crippen molar-refractivity contribution in [1.82, 2.24) is 11.0 Å². The lowest BCUT2D eigenvalue weighted by atomic mass is 10.1. The molecule has 2 aromatic rings. The van der Waals surface area contributed by atoms with Gasteiger partial charge < -0.3 is 9.57 Å². The molecule has 3 rings (SSSR count). The average Bonchev–Trinajstić information content (AvgIpc) is 2.57. The van der Waals surface area contributed by atoms with Crippen LogP contribution in [0.4, 0.5) is 5.69 Å². The standard InChI is InChI=1S/C17H19N3O2/c1-3-6-13-9-10-16(17(11-13)21-2)22-20-15-8-5-4-7-14(15)12-18-19-20/h3-5,7-11,18-19H,1,6,12H2,2H3. The first-order chi connectivity index (χ1) is 10.8. The first-order valence-electron chi connectivity index (χ1n) is 7.14. The molecule has 2 aromatic carbocycles. The molecule has 1 aliphatic heterocycles. The number of nitrogens with one attached hydrogen (secondary N) is 2. The molecule has 114 valence electrons. The van der Waals surface area contributed by atoms with Gasteiger partial charge >= 0.3 is 0 Å². The van der Waals surface area contributed by atoms with Crippen molar-refractivity contribution in [2.75, 3.05) is 12.3 Å². The van der Waals surface area contributed by atoms with Gasteiger partial charge in [0.15, 0.2) is 11.5 Å². The first-order valence-corrected chi connectivity index (χ1v) is 7.14. The van der Waals surface area contributed by atoms with Gasteiger partial charge in [0.25, 0.3) is 0 Å². The van der Waals surface area contributed by atoms with Gasteiger partial charge in [0.05, 0.1) is 12.8 Å². The summed E-state index contributed by atoms with van der Waals surface area (Å²) >= 11 is 0. The van der Waals surface area contributed by atoms with Crippen LogP contribution in [-0.4, -0.2) is 7.11 Å². The lowest BCUT2D eigenvalue weighted by Gasteiger charge is -2.31. The van der Waals surface area contributed by atoms with E-state index < -0.39 is 0 Å². The van der Waals surface area contributed by atoms with Crippen molar-refractivity contribution in [2.24, 2.45) is 0 Å². The fourth-order valence-corrected chi connectivity index (χ4v) is 2.38. The zero-order chi connectivity index (χ0) is 15.4. The number of fused-ring (bicyclic) bond motifs is 1. The molecule has 2 N–H and O–H groups in total. The summed E-state index contributed by atoms with van der Waals surface area (Å²) in [5.74, 6) is 1.32. The van der Waals surface area contributed by atoms with Crippen LogP contribution in [0, 0.1) is 0 Å². The van der Waals surface area contributed by atoms with Crippen molar-refractivity contribution in [3.8, 4) is 11.5 Å². The van der Waals surface area contributed by atoms with Gasteiger partial charge in [-0.1, -0.05) is 30.3 Å². The van der Waals surface area contributed by atoms with Gasteiger partial charge in [-0.25, -0.2) is 5.43 Å². The maximum absolute atomic E-state index is 5.95. The molecule has 5 nitrogen and oxygen atoms in total. The van der Waals surface area contributed by atoms with Crippen molar-refractivity contribution >= 4 is 5.69 Å². The Balaban J connectivity index is 1.86. The average molecular weight is 297 g/mol. The highest BCUT2D eigenvalue weighted by molar-refractivity contribution is 5.53. The highest BCUT2D eigenvalue weighted by atomic mass is 16.7. The van der Waals surface area contributed by atoms with E-state index in [1.165, 1.54) is 0 Å². The Morgan fingerprint density at radius 1 is 1.23 bits per heavy atom. The molecular formula is C17H19N3O2. The molecule has 1 aliphatic rings. The van der Waals surface area contributed by atoms with E-state index in [9.17, 15) is 0 Å². The molecule has 0 aromatic heterocycles. The molecule has 0 atom stereocenters. The molecule has 5 heteroatoms. The van der Waals surface area contributed by atoms with Gasteiger partial charge in [-0.15, -0.1) is 17.3 Å². The van der Waals surface area contributed by atoms with Gasteiger partial charge in [0, 0.05) is 6.54 Å². The number of allylic oxidation sites excluding steroid dienone is 1. The van der Waals surface area contributed by atoms with Crippen molar-refractivity contribution in [1.29, 1.82) is 0 Å². The van der Waals surface area contributed by atoms with Crippen molar-refractivity contribution in [3.05, 3.63) is 66.2 Å². The van der Waals surface area contributed by atoms with E-state index in [2.05, 4.69) is 23.6 Å². The van der Waals surface area contributed by atoms with E-state index >= 15 is 0 Å². The Morgan fingerprint density at radius 2 is 2.09 bits per heavy atom. The zero-order valence-electron chi connectivity index (χ0n) is 12.5. The SMILES string of the molecule is C=CCc1ccc(ON2NNCc3ccccc32)c(OC)c1. The largest absolute Gasteiger partial charge is 0.493 e. The molecule has 1 heterocycles. The lowest BCUT2D eigenvalue weighted by molar-refractivity contribution is 0.195. The number of rotatable bonds is 5. The highest BCUT2D eigenvalue weighted by Gasteiger charge is 2.19. The summed E-state index contributed by atoms with van der Waals surface area (Å²) in [5, 5.41) is 1.60. The van der Waals surface area contributed by atoms with E-state index in [0.717, 1.165) is 29.8 Å². The van der Waals surface area contributed by atoms with Gasteiger partial charge in [-0.3, -0.25) is 0 Å². The fourth-order valence-electron chi connectivity index (χ4n) is 2.38. The first kappa shape index (κ1) is 14.4. The van der Waals surface area contributed by atoms with Crippen molar-refractivity contribution < 1.29 is 9.57 Å². The van der Waals surface area contributed by atoms with E-state index in [4.69, 9.17) is 9.57 Å². The number of ether oxygens (including phenoxy) is 1. The molecular weight excluding hydrogens is 278 g/mol. The minimum absolute atomic E-state index is 0.640. The molecule has 0 unspecified atom stereocenters. The van der Waals surface area contributed by atoms with E-state index in [-0.39, 0.29) is 0 Å².